The van der Waals surface area contributed by atoms with E-state index < -0.39 is 19.5 Å². The largest absolute Gasteiger partial charge is 0.333 e. The fourth-order valence-electron chi connectivity index (χ4n) is 6.24. The van der Waals surface area contributed by atoms with E-state index in [1.54, 1.807) is 42.6 Å². The van der Waals surface area contributed by atoms with E-state index in [1.165, 1.54) is 23.6 Å². The molecule has 5 heteroatoms. The molecule has 0 atom stereocenters. The molecule has 49 heavy (non-hydrogen) atoms. The average molecular weight is 818 g/mol. The molecule has 0 saturated heterocycles. The van der Waals surface area contributed by atoms with Crippen LogP contribution in [0.1, 0.15) is 19.4 Å². The van der Waals surface area contributed by atoms with Crippen molar-refractivity contribution in [3.8, 4) is 28.3 Å². The monoisotopic (exact) mass is 818 g/mol. The normalized spacial score (nSPS) is 13.3. The zero-order valence-electron chi connectivity index (χ0n) is 31.9. The Morgan fingerprint density at radius 1 is 0.633 bits per heavy atom. The van der Waals surface area contributed by atoms with E-state index in [9.17, 15) is 4.39 Å². The van der Waals surface area contributed by atoms with Crippen LogP contribution in [0.4, 0.5) is 4.39 Å². The number of nitrogens with zero attached hydrogens (tertiary/aromatic N) is 3. The number of fused-ring (bicyclic) bond motifs is 7. The molecular weight excluding hydrogens is 782 g/mol. The van der Waals surface area contributed by atoms with Gasteiger partial charge in [-0.1, -0.05) is 85.7 Å². The van der Waals surface area contributed by atoms with Crippen LogP contribution in [0.2, 0.25) is 0 Å². The number of hydrogen-bond donors (Lipinski definition) is 0. The Morgan fingerprint density at radius 2 is 1.33 bits per heavy atom. The quantitative estimate of drug-likeness (QED) is 0.131. The zero-order valence-corrected chi connectivity index (χ0v) is 28.3. The topological polar surface area (TPSA) is 30.7 Å². The maximum absolute atomic E-state index is 13.8. The summed E-state index contributed by atoms with van der Waals surface area (Å²) in [7, 11) is 0. The van der Waals surface area contributed by atoms with Crippen molar-refractivity contribution >= 4 is 43.4 Å². The Morgan fingerprint density at radius 3 is 1.96 bits per heavy atom. The van der Waals surface area contributed by atoms with Crippen LogP contribution in [-0.2, 0) is 20.1 Å². The summed E-state index contributed by atoms with van der Waals surface area (Å²) in [4.78, 5) is 8.98. The zero-order chi connectivity index (χ0) is 37.6. The first kappa shape index (κ1) is 25.5. The van der Waals surface area contributed by atoms with E-state index in [0.29, 0.717) is 28.0 Å². The van der Waals surface area contributed by atoms with Crippen LogP contribution < -0.4 is 0 Å². The van der Waals surface area contributed by atoms with Gasteiger partial charge in [-0.2, -0.15) is 0 Å². The second-order valence-electron chi connectivity index (χ2n) is 11.4. The molecule has 0 N–H and O–H groups in total. The van der Waals surface area contributed by atoms with Crippen LogP contribution in [0.25, 0.3) is 71.7 Å². The number of aromatic nitrogens is 3. The molecule has 9 rings (SSSR count). The van der Waals surface area contributed by atoms with Crippen molar-refractivity contribution < 1.29 is 32.7 Å². The summed E-state index contributed by atoms with van der Waals surface area (Å²) in [6, 6.07) is 48.5. The van der Waals surface area contributed by atoms with E-state index in [-0.39, 0.29) is 25.7 Å². The van der Waals surface area contributed by atoms with Crippen molar-refractivity contribution in [2.45, 2.75) is 13.7 Å². The molecule has 2 heterocycles. The number of pyridine rings is 1. The summed E-state index contributed by atoms with van der Waals surface area (Å²) in [5.41, 5.74) is 4.49. The second kappa shape index (κ2) is 13.6. The predicted molar refractivity (Wildman–Crippen MR) is 196 cm³/mol. The molecule has 7 aromatic carbocycles. The Kier molecular flexibility index (Phi) is 7.06. The second-order valence-corrected chi connectivity index (χ2v) is 11.4. The smallest absolute Gasteiger partial charge is 0.0777 e. The molecule has 0 saturated carbocycles. The minimum Gasteiger partial charge on any atom is -0.333 e. The van der Waals surface area contributed by atoms with E-state index in [0.717, 1.165) is 43.9 Å². The Bertz CT molecular complexity index is 2760. The van der Waals surface area contributed by atoms with Gasteiger partial charge in [-0.25, -0.2) is 0 Å². The van der Waals surface area contributed by atoms with Crippen molar-refractivity contribution in [2.75, 3.05) is 0 Å². The number of imidazole rings is 1. The molecule has 239 valence electrons. The first-order valence-corrected chi connectivity index (χ1v) is 15.4. The third-order valence-electron chi connectivity index (χ3n) is 8.43. The van der Waals surface area contributed by atoms with Gasteiger partial charge >= 0.3 is 0 Å². The van der Waals surface area contributed by atoms with Crippen LogP contribution in [-0.4, -0.2) is 14.5 Å². The third kappa shape index (κ3) is 6.04. The minimum atomic E-state index is -2.35. The van der Waals surface area contributed by atoms with E-state index in [4.69, 9.17) is 13.2 Å². The molecule has 3 nitrogen and oxygen atoms in total. The SMILES string of the molecule is [2H]C([2H])([2H])c1c[c-]c(-c2ccccn2)cc1.[2H]C([2H])([2H])c1cccc2nc(-c3[c-]cc(F)cc3)n(-c3ccc4c5ccccc5c5ccccc5c4c3)c12.[Ir]. The Balaban J connectivity index is 0.000000231. The summed E-state index contributed by atoms with van der Waals surface area (Å²) < 4.78 is 62.0. The Hall–Kier alpha value is -5.48. The molecule has 1 radical (unpaired) electrons. The first-order chi connectivity index (χ1) is 26.0. The number of benzene rings is 7. The van der Waals surface area contributed by atoms with Crippen molar-refractivity contribution in [2.24, 2.45) is 0 Å². The first-order valence-electron chi connectivity index (χ1n) is 18.4. The summed E-state index contributed by atoms with van der Waals surface area (Å²) in [5, 5.41) is 6.76. The van der Waals surface area contributed by atoms with Crippen LogP contribution in [0.5, 0.6) is 0 Å². The van der Waals surface area contributed by atoms with Crippen molar-refractivity contribution in [1.82, 2.24) is 14.5 Å². The van der Waals surface area contributed by atoms with Gasteiger partial charge < -0.3 is 9.55 Å². The van der Waals surface area contributed by atoms with Crippen LogP contribution in [0.3, 0.4) is 0 Å². The molecular formula is C44H30FIrN3-2. The number of rotatable bonds is 3. The molecule has 0 aliphatic carbocycles. The van der Waals surface area contributed by atoms with Gasteiger partial charge in [-0.15, -0.1) is 65.2 Å². The van der Waals surface area contributed by atoms with Crippen LogP contribution >= 0.6 is 0 Å². The number of hydrogen-bond acceptors (Lipinski definition) is 2. The van der Waals surface area contributed by atoms with Crippen molar-refractivity contribution in [1.29, 1.82) is 0 Å². The summed E-state index contributed by atoms with van der Waals surface area (Å²) >= 11 is 0. The molecule has 0 aliphatic heterocycles. The number of aryl methyl sites for hydroxylation is 2. The number of para-hydroxylation sites is 1. The number of halogens is 1. The summed E-state index contributed by atoms with van der Waals surface area (Å²) in [6.07, 6.45) is 1.70. The summed E-state index contributed by atoms with van der Waals surface area (Å²) in [5.74, 6) is 0.102. The molecule has 9 aromatic rings. The molecule has 0 spiro atoms. The average Bonchev–Trinajstić information content (AvgIpc) is 3.58. The molecule has 0 aliphatic rings. The third-order valence-corrected chi connectivity index (χ3v) is 8.43. The Labute approximate surface area is 306 Å². The molecule has 0 unspecified atom stereocenters. The minimum absolute atomic E-state index is 0. The fourth-order valence-corrected chi connectivity index (χ4v) is 6.24. The van der Waals surface area contributed by atoms with E-state index >= 15 is 0 Å². The van der Waals surface area contributed by atoms with Gasteiger partial charge in [0, 0.05) is 46.0 Å². The standard InChI is InChI=1S/C32H20FN2.C12H10N.Ir/c1-20-7-6-12-30-31(20)35(32(34-30)21-13-15-22(33)16-14-21)23-17-18-28-26-10-3-2-8-24(26)25-9-4-5-11-27(25)29(28)19-23;1-10-5-7-11(8-6-10)12-4-2-3-9-13-12;/h2-13,15-19H,1H3;2-7,9H,1H3;/q2*-1;/i2*1D3;. The van der Waals surface area contributed by atoms with Gasteiger partial charge in [0.1, 0.15) is 0 Å². The van der Waals surface area contributed by atoms with Gasteiger partial charge in [0.25, 0.3) is 0 Å². The molecule has 2 aromatic heterocycles. The van der Waals surface area contributed by atoms with E-state index in [1.807, 2.05) is 47.0 Å². The van der Waals surface area contributed by atoms with Crippen LogP contribution in [0.15, 0.2) is 146 Å². The van der Waals surface area contributed by atoms with Gasteiger partial charge in [0.05, 0.1) is 16.9 Å². The van der Waals surface area contributed by atoms with Gasteiger partial charge in [-0.05, 0) is 74.7 Å². The fraction of sp³-hybridized carbons (Fsp3) is 0.0455. The van der Waals surface area contributed by atoms with Gasteiger partial charge in [0.2, 0.25) is 0 Å². The summed E-state index contributed by atoms with van der Waals surface area (Å²) in [6.45, 7) is -4.42. The van der Waals surface area contributed by atoms with Gasteiger partial charge in [0.15, 0.2) is 0 Å². The molecule has 0 fully saturated rings. The molecule has 0 amide bonds. The molecule has 0 bridgehead atoms. The predicted octanol–water partition coefficient (Wildman–Crippen LogP) is 11.3. The maximum Gasteiger partial charge on any atom is 0.0777 e. The van der Waals surface area contributed by atoms with Crippen molar-refractivity contribution in [3.05, 3.63) is 175 Å². The maximum atomic E-state index is 13.8. The van der Waals surface area contributed by atoms with Crippen molar-refractivity contribution in [3.63, 3.8) is 0 Å². The van der Waals surface area contributed by atoms with Gasteiger partial charge in [-0.3, -0.25) is 9.37 Å². The van der Waals surface area contributed by atoms with E-state index in [2.05, 4.69) is 59.6 Å². The van der Waals surface area contributed by atoms with Crippen LogP contribution in [0, 0.1) is 31.7 Å².